The number of alkyl carbamates (subject to hydrolysis) is 1. The maximum absolute atomic E-state index is 12.7. The highest BCUT2D eigenvalue weighted by atomic mass is 16.6. The van der Waals surface area contributed by atoms with Crippen molar-refractivity contribution in [3.63, 3.8) is 0 Å². The summed E-state index contributed by atoms with van der Waals surface area (Å²) < 4.78 is 15.8. The first-order valence-corrected chi connectivity index (χ1v) is 9.36. The first-order chi connectivity index (χ1) is 12.9. The van der Waals surface area contributed by atoms with Crippen molar-refractivity contribution in [2.45, 2.75) is 72.3 Å². The molecule has 0 radical (unpaired) electrons. The van der Waals surface area contributed by atoms with Crippen molar-refractivity contribution < 1.29 is 28.6 Å². The molecule has 1 atom stereocenters. The Morgan fingerprint density at radius 1 is 0.857 bits per heavy atom. The summed E-state index contributed by atoms with van der Waals surface area (Å²) in [6.07, 6.45) is -1.61. The van der Waals surface area contributed by atoms with E-state index in [1.54, 1.807) is 78.8 Å². The van der Waals surface area contributed by atoms with Gasteiger partial charge in [0.2, 0.25) is 0 Å². The molecule has 1 amide bonds. The van der Waals surface area contributed by atoms with Crippen molar-refractivity contribution in [2.24, 2.45) is 5.92 Å². The summed E-state index contributed by atoms with van der Waals surface area (Å²) in [5.74, 6) is -2.92. The number of rotatable bonds is 7. The lowest BCUT2D eigenvalue weighted by molar-refractivity contribution is -0.168. The van der Waals surface area contributed by atoms with E-state index < -0.39 is 47.8 Å². The fourth-order valence-electron chi connectivity index (χ4n) is 2.43. The maximum atomic E-state index is 12.7. The van der Waals surface area contributed by atoms with Gasteiger partial charge in [0.1, 0.15) is 5.60 Å². The average Bonchev–Trinajstić information content (AvgIpc) is 2.51. The van der Waals surface area contributed by atoms with Crippen molar-refractivity contribution in [3.05, 3.63) is 35.9 Å². The highest BCUT2D eigenvalue weighted by Crippen LogP contribution is 2.26. The second-order valence-corrected chi connectivity index (χ2v) is 7.98. The molecule has 0 saturated carbocycles. The Kier molecular flexibility index (Phi) is 8.47. The van der Waals surface area contributed by atoms with Crippen LogP contribution in [-0.4, -0.2) is 35.8 Å². The molecule has 156 valence electrons. The van der Waals surface area contributed by atoms with E-state index in [1.807, 2.05) is 0 Å². The Morgan fingerprint density at radius 3 is 1.71 bits per heavy atom. The number of carbonyl (C=O) groups excluding carboxylic acids is 3. The summed E-state index contributed by atoms with van der Waals surface area (Å²) in [7, 11) is 0. The summed E-state index contributed by atoms with van der Waals surface area (Å²) in [5, 5.41) is 2.64. The Hall–Kier alpha value is -2.57. The number of hydrogen-bond donors (Lipinski definition) is 1. The fraction of sp³-hybridized carbons (Fsp3) is 0.571. The summed E-state index contributed by atoms with van der Waals surface area (Å²) >= 11 is 0. The first-order valence-electron chi connectivity index (χ1n) is 9.36. The standard InChI is InChI=1S/C21H31NO6/c1-13(2)26-18(23)16(19(24)27-14(3)4)17(15-11-9-8-10-12-15)22-20(25)28-21(5,6)7/h8-14,16-17H,1-7H3,(H,22,25)/t17-/m0/s1. The van der Waals surface area contributed by atoms with Crippen LogP contribution >= 0.6 is 0 Å². The molecule has 1 aromatic rings. The number of benzene rings is 1. The molecule has 1 rings (SSSR count). The lowest BCUT2D eigenvalue weighted by Crippen LogP contribution is -2.44. The van der Waals surface area contributed by atoms with Crippen LogP contribution in [0.25, 0.3) is 0 Å². The summed E-state index contributed by atoms with van der Waals surface area (Å²) in [4.78, 5) is 37.9. The van der Waals surface area contributed by atoms with E-state index in [0.29, 0.717) is 5.56 Å². The minimum absolute atomic E-state index is 0.431. The minimum Gasteiger partial charge on any atom is -0.462 e. The Balaban J connectivity index is 3.30. The molecule has 0 aromatic heterocycles. The third-order valence-electron chi connectivity index (χ3n) is 3.38. The van der Waals surface area contributed by atoms with E-state index in [1.165, 1.54) is 0 Å². The van der Waals surface area contributed by atoms with E-state index in [0.717, 1.165) is 0 Å². The van der Waals surface area contributed by atoms with Crippen LogP contribution in [0.2, 0.25) is 0 Å². The van der Waals surface area contributed by atoms with Crippen molar-refractivity contribution in [2.75, 3.05) is 0 Å². The molecule has 7 heteroatoms. The molecule has 1 aromatic carbocycles. The van der Waals surface area contributed by atoms with E-state index in [2.05, 4.69) is 5.32 Å². The average molecular weight is 393 g/mol. The lowest BCUT2D eigenvalue weighted by atomic mass is 9.92. The Labute approximate surface area is 166 Å². The van der Waals surface area contributed by atoms with Gasteiger partial charge in [0.25, 0.3) is 0 Å². The van der Waals surface area contributed by atoms with Gasteiger partial charge in [0.05, 0.1) is 18.2 Å². The van der Waals surface area contributed by atoms with Crippen LogP contribution in [0.4, 0.5) is 4.79 Å². The molecule has 0 bridgehead atoms. The molecule has 28 heavy (non-hydrogen) atoms. The zero-order valence-electron chi connectivity index (χ0n) is 17.6. The van der Waals surface area contributed by atoms with E-state index >= 15 is 0 Å². The number of carbonyl (C=O) groups is 3. The van der Waals surface area contributed by atoms with Gasteiger partial charge in [-0.15, -0.1) is 0 Å². The molecule has 0 spiro atoms. The number of amides is 1. The lowest BCUT2D eigenvalue weighted by Gasteiger charge is -2.28. The van der Waals surface area contributed by atoms with Crippen molar-refractivity contribution in [1.82, 2.24) is 5.32 Å². The SMILES string of the molecule is CC(C)OC(=O)C(C(=O)OC(C)C)[C@@H](NC(=O)OC(C)(C)C)c1ccccc1. The van der Waals surface area contributed by atoms with Gasteiger partial charge in [-0.2, -0.15) is 0 Å². The molecule has 7 nitrogen and oxygen atoms in total. The largest absolute Gasteiger partial charge is 0.462 e. The summed E-state index contributed by atoms with van der Waals surface area (Å²) in [6.45, 7) is 11.9. The monoisotopic (exact) mass is 393 g/mol. The second-order valence-electron chi connectivity index (χ2n) is 7.98. The second kappa shape index (κ2) is 10.1. The molecule has 1 N–H and O–H groups in total. The van der Waals surface area contributed by atoms with Crippen LogP contribution < -0.4 is 5.32 Å². The van der Waals surface area contributed by atoms with Crippen LogP contribution in [0.3, 0.4) is 0 Å². The number of ether oxygens (including phenoxy) is 3. The molecule has 0 heterocycles. The first kappa shape index (κ1) is 23.5. The molecular formula is C21H31NO6. The summed E-state index contributed by atoms with van der Waals surface area (Å²) in [5.41, 5.74) is -0.183. The molecule has 0 unspecified atom stereocenters. The molecule has 0 aliphatic heterocycles. The van der Waals surface area contributed by atoms with E-state index in [4.69, 9.17) is 14.2 Å². The van der Waals surface area contributed by atoms with Gasteiger partial charge in [-0.05, 0) is 54.0 Å². The normalized spacial score (nSPS) is 12.6. The molecular weight excluding hydrogens is 362 g/mol. The Bertz CT molecular complexity index is 641. The summed E-state index contributed by atoms with van der Waals surface area (Å²) in [6, 6.07) is 7.70. The van der Waals surface area contributed by atoms with Gasteiger partial charge in [-0.3, -0.25) is 9.59 Å². The zero-order chi connectivity index (χ0) is 21.5. The van der Waals surface area contributed by atoms with Crippen LogP contribution in [0, 0.1) is 5.92 Å². The van der Waals surface area contributed by atoms with Crippen molar-refractivity contribution in [1.29, 1.82) is 0 Å². The van der Waals surface area contributed by atoms with Crippen LogP contribution in [0.5, 0.6) is 0 Å². The number of esters is 2. The molecule has 0 aliphatic carbocycles. The third-order valence-corrected chi connectivity index (χ3v) is 3.38. The van der Waals surface area contributed by atoms with E-state index in [9.17, 15) is 14.4 Å². The number of nitrogens with one attached hydrogen (secondary N) is 1. The maximum Gasteiger partial charge on any atom is 0.408 e. The van der Waals surface area contributed by atoms with Gasteiger partial charge in [0, 0.05) is 0 Å². The minimum atomic E-state index is -1.38. The van der Waals surface area contributed by atoms with Gasteiger partial charge >= 0.3 is 18.0 Å². The number of hydrogen-bond acceptors (Lipinski definition) is 6. The van der Waals surface area contributed by atoms with Gasteiger partial charge in [-0.1, -0.05) is 30.3 Å². The Morgan fingerprint density at radius 2 is 1.32 bits per heavy atom. The topological polar surface area (TPSA) is 90.9 Å². The smallest absolute Gasteiger partial charge is 0.408 e. The predicted octanol–water partition coefficient (Wildman–Crippen LogP) is 3.77. The van der Waals surface area contributed by atoms with Gasteiger partial charge < -0.3 is 19.5 Å². The third kappa shape index (κ3) is 7.98. The van der Waals surface area contributed by atoms with Crippen molar-refractivity contribution in [3.8, 4) is 0 Å². The molecule has 0 aliphatic rings. The highest BCUT2D eigenvalue weighted by Gasteiger charge is 2.41. The molecule has 0 saturated heterocycles. The van der Waals surface area contributed by atoms with Crippen LogP contribution in [0.1, 0.15) is 60.1 Å². The quantitative estimate of drug-likeness (QED) is 0.431. The van der Waals surface area contributed by atoms with Gasteiger partial charge in [0.15, 0.2) is 5.92 Å². The molecule has 0 fully saturated rings. The van der Waals surface area contributed by atoms with Crippen LogP contribution in [-0.2, 0) is 23.8 Å². The van der Waals surface area contributed by atoms with Crippen molar-refractivity contribution >= 4 is 18.0 Å². The van der Waals surface area contributed by atoms with Gasteiger partial charge in [-0.25, -0.2) is 4.79 Å². The fourth-order valence-corrected chi connectivity index (χ4v) is 2.43. The highest BCUT2D eigenvalue weighted by molar-refractivity contribution is 5.96. The van der Waals surface area contributed by atoms with Crippen LogP contribution in [0.15, 0.2) is 30.3 Å². The predicted molar refractivity (Wildman–Crippen MR) is 104 cm³/mol. The zero-order valence-corrected chi connectivity index (χ0v) is 17.6. The van der Waals surface area contributed by atoms with E-state index in [-0.39, 0.29) is 0 Å².